The van der Waals surface area contributed by atoms with Crippen molar-refractivity contribution in [1.82, 2.24) is 10.2 Å². The molecule has 5 aliphatic carbocycles. The molecule has 2 aromatic rings. The van der Waals surface area contributed by atoms with Crippen LogP contribution in [0.5, 0.6) is 0 Å². The topological polar surface area (TPSA) is 86.8 Å². The Hall–Kier alpha value is -2.29. The summed E-state index contributed by atoms with van der Waals surface area (Å²) in [6.07, 6.45) is 13.9. The normalized spacial score (nSPS) is 26.8. The predicted molar refractivity (Wildman–Crippen MR) is 180 cm³/mol. The van der Waals surface area contributed by atoms with E-state index in [0.29, 0.717) is 21.3 Å². The van der Waals surface area contributed by atoms with Crippen LogP contribution in [0.4, 0.5) is 5.69 Å². The van der Waals surface area contributed by atoms with Crippen molar-refractivity contribution in [1.29, 1.82) is 0 Å². The molecule has 0 aliphatic heterocycles. The van der Waals surface area contributed by atoms with Gasteiger partial charge in [-0.05, 0) is 111 Å². The summed E-state index contributed by atoms with van der Waals surface area (Å²) in [6.45, 7) is 1.20. The Labute approximate surface area is 278 Å². The van der Waals surface area contributed by atoms with Gasteiger partial charge in [0.05, 0.1) is 11.9 Å². The van der Waals surface area contributed by atoms with Crippen LogP contribution in [0.1, 0.15) is 88.7 Å². The average molecular weight is 675 g/mol. The molecule has 0 radical (unpaired) electrons. The lowest BCUT2D eigenvalue weighted by Gasteiger charge is -2.57. The van der Waals surface area contributed by atoms with Gasteiger partial charge >= 0.3 is 0 Å². The first-order chi connectivity index (χ1) is 21.4. The Balaban J connectivity index is 1.24. The van der Waals surface area contributed by atoms with Crippen LogP contribution in [0.2, 0.25) is 10.0 Å². The van der Waals surface area contributed by atoms with Crippen LogP contribution in [-0.2, 0) is 31.6 Å². The molecule has 5 fully saturated rings. The summed E-state index contributed by atoms with van der Waals surface area (Å²) in [7, 11) is -3.83. The lowest BCUT2D eigenvalue weighted by atomic mass is 9.48. The molecule has 5 aliphatic rings. The van der Waals surface area contributed by atoms with Gasteiger partial charge in [-0.1, -0.05) is 60.7 Å². The molecule has 7 nitrogen and oxygen atoms in total. The number of hydrogen-bond donors (Lipinski definition) is 1. The van der Waals surface area contributed by atoms with E-state index in [0.717, 1.165) is 60.4 Å². The van der Waals surface area contributed by atoms with E-state index in [1.807, 2.05) is 12.1 Å². The second kappa shape index (κ2) is 13.1. The molecular formula is C35H45Cl2N3O4S. The van der Waals surface area contributed by atoms with Gasteiger partial charge in [-0.3, -0.25) is 13.9 Å². The van der Waals surface area contributed by atoms with Crippen LogP contribution in [-0.4, -0.2) is 50.0 Å². The number of sulfonamides is 1. The highest BCUT2D eigenvalue weighted by Crippen LogP contribution is 2.60. The molecule has 0 saturated heterocycles. The highest BCUT2D eigenvalue weighted by Gasteiger charge is 2.51. The zero-order valence-electron chi connectivity index (χ0n) is 26.3. The van der Waals surface area contributed by atoms with Gasteiger partial charge in [0.1, 0.15) is 12.6 Å². The highest BCUT2D eigenvalue weighted by atomic mass is 35.5. The Bertz CT molecular complexity index is 1470. The van der Waals surface area contributed by atoms with Gasteiger partial charge < -0.3 is 10.2 Å². The summed E-state index contributed by atoms with van der Waals surface area (Å²) in [5.74, 6) is 1.63. The molecule has 2 amide bonds. The maximum Gasteiger partial charge on any atom is 0.244 e. The number of benzene rings is 2. The molecular weight excluding hydrogens is 629 g/mol. The third-order valence-electron chi connectivity index (χ3n) is 11.0. The van der Waals surface area contributed by atoms with E-state index >= 15 is 0 Å². The van der Waals surface area contributed by atoms with Crippen molar-refractivity contribution in [3.8, 4) is 0 Å². The molecule has 10 heteroatoms. The molecule has 2 aromatic carbocycles. The number of carbonyl (C=O) groups excluding carboxylic acids is 2. The van der Waals surface area contributed by atoms with Crippen LogP contribution >= 0.6 is 23.2 Å². The minimum absolute atomic E-state index is 0.0286. The molecule has 5 saturated carbocycles. The first-order valence-corrected chi connectivity index (χ1v) is 19.1. The summed E-state index contributed by atoms with van der Waals surface area (Å²) < 4.78 is 27.5. The molecule has 1 N–H and O–H groups in total. The van der Waals surface area contributed by atoms with Crippen molar-refractivity contribution in [3.05, 3.63) is 63.6 Å². The second-order valence-electron chi connectivity index (χ2n) is 14.3. The molecule has 1 unspecified atom stereocenters. The maximum absolute atomic E-state index is 14.1. The number of anilines is 1. The molecule has 244 valence electrons. The number of hydrogen-bond acceptors (Lipinski definition) is 4. The Morgan fingerprint density at radius 1 is 0.911 bits per heavy atom. The number of halogens is 2. The number of carbonyl (C=O) groups is 2. The first kappa shape index (κ1) is 32.6. The number of nitrogens with zero attached hydrogens (tertiary/aromatic N) is 2. The Kier molecular flexibility index (Phi) is 9.48. The van der Waals surface area contributed by atoms with Gasteiger partial charge in [0.15, 0.2) is 0 Å². The van der Waals surface area contributed by atoms with E-state index in [1.165, 1.54) is 49.0 Å². The molecule has 0 aromatic heterocycles. The van der Waals surface area contributed by atoms with Crippen LogP contribution < -0.4 is 9.62 Å². The lowest BCUT2D eigenvalue weighted by molar-refractivity contribution is -0.139. The number of amides is 2. The van der Waals surface area contributed by atoms with Gasteiger partial charge in [-0.2, -0.15) is 0 Å². The summed E-state index contributed by atoms with van der Waals surface area (Å²) in [5.41, 5.74) is 2.42. The maximum atomic E-state index is 14.1. The third-order valence-corrected chi connectivity index (χ3v) is 12.8. The van der Waals surface area contributed by atoms with Crippen molar-refractivity contribution >= 4 is 50.7 Å². The monoisotopic (exact) mass is 673 g/mol. The predicted octanol–water partition coefficient (Wildman–Crippen LogP) is 7.09. The van der Waals surface area contributed by atoms with Crippen LogP contribution in [0, 0.1) is 17.8 Å². The van der Waals surface area contributed by atoms with Gasteiger partial charge in [0.2, 0.25) is 21.8 Å². The van der Waals surface area contributed by atoms with E-state index in [2.05, 4.69) is 17.4 Å². The number of nitrogens with one attached hydrogen (secondary N) is 1. The molecule has 4 bridgehead atoms. The van der Waals surface area contributed by atoms with Gasteiger partial charge in [-0.15, -0.1) is 0 Å². The van der Waals surface area contributed by atoms with Crippen LogP contribution in [0.25, 0.3) is 0 Å². The fourth-order valence-electron chi connectivity index (χ4n) is 9.06. The lowest BCUT2D eigenvalue weighted by Crippen LogP contribution is -2.53. The van der Waals surface area contributed by atoms with Gasteiger partial charge in [0, 0.05) is 28.2 Å². The van der Waals surface area contributed by atoms with E-state index < -0.39 is 28.5 Å². The van der Waals surface area contributed by atoms with Gasteiger partial charge in [0.25, 0.3) is 0 Å². The summed E-state index contributed by atoms with van der Waals surface area (Å²) in [6, 6.07) is 12.1. The van der Waals surface area contributed by atoms with Crippen LogP contribution in [0.15, 0.2) is 42.5 Å². The summed E-state index contributed by atoms with van der Waals surface area (Å²) in [5, 5.41) is 3.86. The molecule has 7 rings (SSSR count). The highest BCUT2D eigenvalue weighted by molar-refractivity contribution is 7.92. The largest absolute Gasteiger partial charge is 0.352 e. The Morgan fingerprint density at radius 3 is 2.00 bits per heavy atom. The fourth-order valence-corrected chi connectivity index (χ4v) is 10.4. The van der Waals surface area contributed by atoms with Crippen molar-refractivity contribution in [2.24, 2.45) is 17.8 Å². The molecule has 1 atom stereocenters. The Morgan fingerprint density at radius 2 is 1.47 bits per heavy atom. The second-order valence-corrected chi connectivity index (χ2v) is 17.0. The minimum atomic E-state index is -3.83. The molecule has 45 heavy (non-hydrogen) atoms. The summed E-state index contributed by atoms with van der Waals surface area (Å²) >= 11 is 13.0. The fraction of sp³-hybridized carbons (Fsp3) is 0.600. The zero-order valence-corrected chi connectivity index (χ0v) is 28.6. The molecule has 0 heterocycles. The third kappa shape index (κ3) is 7.03. The van der Waals surface area contributed by atoms with Gasteiger partial charge in [-0.25, -0.2) is 8.42 Å². The standard InChI is InChI=1S/C35H45Cl2N3O4S/c1-23(34(42)38-28-7-4-3-5-8-28)39(21-30-31(36)9-6-10-32(30)37)33(41)22-40(45(2,43)44)29-13-11-27(12-14-29)35-18-24-15-25(19-35)17-26(16-24)20-35/h6,9-14,23-26,28H,3-5,7-8,15-22H2,1-2H3,(H,38,42). The quantitative estimate of drug-likeness (QED) is 0.292. The SMILES string of the molecule is CC(C(=O)NC1CCCCC1)N(Cc1c(Cl)cccc1Cl)C(=O)CN(c1ccc(C23CC4CC(CC(C4)C2)C3)cc1)S(C)(=O)=O. The van der Waals surface area contributed by atoms with E-state index in [-0.39, 0.29) is 23.9 Å². The smallest absolute Gasteiger partial charge is 0.244 e. The van der Waals surface area contributed by atoms with E-state index in [9.17, 15) is 18.0 Å². The summed E-state index contributed by atoms with van der Waals surface area (Å²) in [4.78, 5) is 29.0. The van der Waals surface area contributed by atoms with Crippen LogP contribution in [0.3, 0.4) is 0 Å². The molecule has 0 spiro atoms. The van der Waals surface area contributed by atoms with Crippen molar-refractivity contribution < 1.29 is 18.0 Å². The van der Waals surface area contributed by atoms with E-state index in [4.69, 9.17) is 23.2 Å². The van der Waals surface area contributed by atoms with Crippen molar-refractivity contribution in [2.75, 3.05) is 17.1 Å². The average Bonchev–Trinajstić information content (AvgIpc) is 2.99. The van der Waals surface area contributed by atoms with Crippen molar-refractivity contribution in [3.63, 3.8) is 0 Å². The zero-order chi connectivity index (χ0) is 31.9. The number of rotatable bonds is 10. The minimum Gasteiger partial charge on any atom is -0.352 e. The van der Waals surface area contributed by atoms with Crippen molar-refractivity contribution in [2.45, 2.75) is 102 Å². The van der Waals surface area contributed by atoms with E-state index in [1.54, 1.807) is 25.1 Å². The first-order valence-electron chi connectivity index (χ1n) is 16.5.